The molecule has 1 amide bonds. The average molecular weight is 384 g/mol. The van der Waals surface area contributed by atoms with Crippen LogP contribution < -0.4 is 5.32 Å². The highest BCUT2D eigenvalue weighted by Gasteiger charge is 2.20. The molecule has 0 saturated heterocycles. The third kappa shape index (κ3) is 4.54. The van der Waals surface area contributed by atoms with Gasteiger partial charge in [0.05, 0.1) is 0 Å². The second-order valence-corrected chi connectivity index (χ2v) is 5.76. The van der Waals surface area contributed by atoms with Gasteiger partial charge in [0, 0.05) is 21.4 Å². The van der Waals surface area contributed by atoms with E-state index in [0.717, 1.165) is 4.47 Å². The molecule has 114 valence electrons. The monoisotopic (exact) mass is 382 g/mol. The van der Waals surface area contributed by atoms with Crippen LogP contribution in [-0.4, -0.2) is 23.0 Å². The number of carbonyl (C=O) groups is 2. The van der Waals surface area contributed by atoms with E-state index in [4.69, 9.17) is 16.3 Å². The SMILES string of the molecule is C[C@H](OC(=O)c1cc(Cl)ccn1)C(=O)Nc1ccc(Br)cc1. The summed E-state index contributed by atoms with van der Waals surface area (Å²) >= 11 is 9.08. The number of hydrogen-bond donors (Lipinski definition) is 1. The Morgan fingerprint density at radius 2 is 1.95 bits per heavy atom. The van der Waals surface area contributed by atoms with Gasteiger partial charge in [0.2, 0.25) is 0 Å². The summed E-state index contributed by atoms with van der Waals surface area (Å²) in [5.41, 5.74) is 0.660. The zero-order valence-electron chi connectivity index (χ0n) is 11.5. The van der Waals surface area contributed by atoms with Crippen LogP contribution in [0, 0.1) is 0 Å². The molecule has 0 aliphatic rings. The fraction of sp³-hybridized carbons (Fsp3) is 0.133. The van der Waals surface area contributed by atoms with Gasteiger partial charge >= 0.3 is 5.97 Å². The molecule has 7 heteroatoms. The van der Waals surface area contributed by atoms with Crippen molar-refractivity contribution in [2.24, 2.45) is 0 Å². The van der Waals surface area contributed by atoms with Crippen molar-refractivity contribution in [3.8, 4) is 0 Å². The minimum atomic E-state index is -0.961. The highest BCUT2D eigenvalue weighted by molar-refractivity contribution is 9.10. The van der Waals surface area contributed by atoms with E-state index in [-0.39, 0.29) is 5.69 Å². The smallest absolute Gasteiger partial charge is 0.357 e. The lowest BCUT2D eigenvalue weighted by Crippen LogP contribution is -2.30. The zero-order chi connectivity index (χ0) is 16.1. The minimum Gasteiger partial charge on any atom is -0.448 e. The summed E-state index contributed by atoms with van der Waals surface area (Å²) < 4.78 is 5.97. The molecular weight excluding hydrogens is 372 g/mol. The van der Waals surface area contributed by atoms with Gasteiger partial charge in [-0.25, -0.2) is 9.78 Å². The van der Waals surface area contributed by atoms with Gasteiger partial charge in [-0.2, -0.15) is 0 Å². The minimum absolute atomic E-state index is 0.0517. The third-order valence-corrected chi connectivity index (χ3v) is 3.46. The number of rotatable bonds is 4. The standard InChI is InChI=1S/C15H12BrClN2O3/c1-9(14(20)19-12-4-2-10(16)3-5-12)22-15(21)13-8-11(17)6-7-18-13/h2-9H,1H3,(H,19,20)/t9-/m0/s1. The Balaban J connectivity index is 1.96. The number of nitrogens with one attached hydrogen (secondary N) is 1. The van der Waals surface area contributed by atoms with Crippen LogP contribution in [-0.2, 0) is 9.53 Å². The Morgan fingerprint density at radius 3 is 2.59 bits per heavy atom. The van der Waals surface area contributed by atoms with E-state index in [1.165, 1.54) is 19.2 Å². The molecule has 0 aliphatic carbocycles. The molecule has 0 fully saturated rings. The molecule has 2 rings (SSSR count). The Hall–Kier alpha value is -1.92. The summed E-state index contributed by atoms with van der Waals surface area (Å²) in [4.78, 5) is 27.7. The number of nitrogens with zero attached hydrogens (tertiary/aromatic N) is 1. The van der Waals surface area contributed by atoms with E-state index in [2.05, 4.69) is 26.2 Å². The Morgan fingerprint density at radius 1 is 1.27 bits per heavy atom. The van der Waals surface area contributed by atoms with Gasteiger partial charge in [0.15, 0.2) is 6.10 Å². The lowest BCUT2D eigenvalue weighted by atomic mass is 10.3. The van der Waals surface area contributed by atoms with Crippen LogP contribution in [0.5, 0.6) is 0 Å². The van der Waals surface area contributed by atoms with E-state index in [1.807, 2.05) is 0 Å². The summed E-state index contributed by atoms with van der Waals surface area (Å²) in [5, 5.41) is 3.02. The van der Waals surface area contributed by atoms with Crippen molar-refractivity contribution in [3.63, 3.8) is 0 Å². The number of esters is 1. The number of amides is 1. The summed E-state index contributed by atoms with van der Waals surface area (Å²) in [6.07, 6.45) is 0.433. The van der Waals surface area contributed by atoms with Gasteiger partial charge in [-0.05, 0) is 43.3 Å². The lowest BCUT2D eigenvalue weighted by Gasteiger charge is -2.13. The molecule has 1 aromatic heterocycles. The first kappa shape index (κ1) is 16.5. The number of anilines is 1. The molecule has 0 unspecified atom stereocenters. The van der Waals surface area contributed by atoms with Crippen LogP contribution in [0.2, 0.25) is 5.02 Å². The van der Waals surface area contributed by atoms with Crippen LogP contribution in [0.1, 0.15) is 17.4 Å². The predicted molar refractivity (Wildman–Crippen MR) is 86.9 cm³/mol. The summed E-state index contributed by atoms with van der Waals surface area (Å²) in [7, 11) is 0. The van der Waals surface area contributed by atoms with E-state index in [1.54, 1.807) is 30.3 Å². The maximum atomic E-state index is 12.0. The number of carbonyl (C=O) groups excluding carboxylic acids is 2. The number of hydrogen-bond acceptors (Lipinski definition) is 4. The van der Waals surface area contributed by atoms with Crippen LogP contribution in [0.25, 0.3) is 0 Å². The fourth-order valence-electron chi connectivity index (χ4n) is 1.57. The molecular formula is C15H12BrClN2O3. The lowest BCUT2D eigenvalue weighted by molar-refractivity contribution is -0.123. The second kappa shape index (κ2) is 7.38. The molecule has 2 aromatic rings. The quantitative estimate of drug-likeness (QED) is 0.818. The van der Waals surface area contributed by atoms with E-state index in [9.17, 15) is 9.59 Å². The highest BCUT2D eigenvalue weighted by Crippen LogP contribution is 2.15. The number of halogens is 2. The number of benzene rings is 1. The summed E-state index contributed by atoms with van der Waals surface area (Å²) in [5.74, 6) is -1.14. The Kier molecular flexibility index (Phi) is 5.51. The van der Waals surface area contributed by atoms with Gasteiger partial charge < -0.3 is 10.1 Å². The van der Waals surface area contributed by atoms with Crippen molar-refractivity contribution < 1.29 is 14.3 Å². The maximum Gasteiger partial charge on any atom is 0.357 e. The normalized spacial score (nSPS) is 11.6. The second-order valence-electron chi connectivity index (χ2n) is 4.40. The van der Waals surface area contributed by atoms with Crippen molar-refractivity contribution in [1.29, 1.82) is 0 Å². The molecule has 1 heterocycles. The van der Waals surface area contributed by atoms with E-state index in [0.29, 0.717) is 10.7 Å². The number of ether oxygens (including phenoxy) is 1. The van der Waals surface area contributed by atoms with Crippen LogP contribution in [0.15, 0.2) is 47.1 Å². The molecule has 0 spiro atoms. The van der Waals surface area contributed by atoms with E-state index < -0.39 is 18.0 Å². The van der Waals surface area contributed by atoms with Gasteiger partial charge in [-0.1, -0.05) is 27.5 Å². The summed E-state index contributed by atoms with van der Waals surface area (Å²) in [6, 6.07) is 9.97. The average Bonchev–Trinajstić information content (AvgIpc) is 2.49. The number of pyridine rings is 1. The van der Waals surface area contributed by atoms with Crippen LogP contribution in [0.4, 0.5) is 5.69 Å². The highest BCUT2D eigenvalue weighted by atomic mass is 79.9. The van der Waals surface area contributed by atoms with Gasteiger partial charge in [-0.3, -0.25) is 4.79 Å². The first-order valence-corrected chi connectivity index (χ1v) is 7.52. The van der Waals surface area contributed by atoms with Crippen molar-refractivity contribution in [1.82, 2.24) is 4.98 Å². The third-order valence-electron chi connectivity index (χ3n) is 2.70. The van der Waals surface area contributed by atoms with Gasteiger partial charge in [0.1, 0.15) is 5.69 Å². The fourth-order valence-corrected chi connectivity index (χ4v) is 1.99. The van der Waals surface area contributed by atoms with Crippen molar-refractivity contribution in [2.45, 2.75) is 13.0 Å². The maximum absolute atomic E-state index is 12.0. The largest absolute Gasteiger partial charge is 0.448 e. The van der Waals surface area contributed by atoms with E-state index >= 15 is 0 Å². The molecule has 1 aromatic carbocycles. The molecule has 1 atom stereocenters. The molecule has 22 heavy (non-hydrogen) atoms. The molecule has 0 bridgehead atoms. The van der Waals surface area contributed by atoms with Crippen LogP contribution >= 0.6 is 27.5 Å². The zero-order valence-corrected chi connectivity index (χ0v) is 13.9. The molecule has 0 saturated carbocycles. The van der Waals surface area contributed by atoms with Crippen molar-refractivity contribution >= 4 is 45.1 Å². The molecule has 0 radical (unpaired) electrons. The number of aromatic nitrogens is 1. The molecule has 1 N–H and O–H groups in total. The first-order valence-electron chi connectivity index (χ1n) is 6.34. The Labute approximate surface area is 140 Å². The van der Waals surface area contributed by atoms with Crippen molar-refractivity contribution in [2.75, 3.05) is 5.32 Å². The molecule has 5 nitrogen and oxygen atoms in total. The predicted octanol–water partition coefficient (Wildman–Crippen LogP) is 3.68. The van der Waals surface area contributed by atoms with Gasteiger partial charge in [0.25, 0.3) is 5.91 Å². The molecule has 0 aliphatic heterocycles. The van der Waals surface area contributed by atoms with Crippen LogP contribution in [0.3, 0.4) is 0 Å². The summed E-state index contributed by atoms with van der Waals surface area (Å²) in [6.45, 7) is 1.48. The van der Waals surface area contributed by atoms with Crippen molar-refractivity contribution in [3.05, 3.63) is 57.8 Å². The first-order chi connectivity index (χ1) is 10.5. The Bertz CT molecular complexity index is 691. The van der Waals surface area contributed by atoms with Gasteiger partial charge in [-0.15, -0.1) is 0 Å². The topological polar surface area (TPSA) is 68.3 Å².